The average molecular weight is 329 g/mol. The Kier molecular flexibility index (Phi) is 4.17. The molecule has 1 atom stereocenters. The van der Waals surface area contributed by atoms with E-state index in [-0.39, 0.29) is 6.04 Å². The molecule has 0 saturated carbocycles. The fourth-order valence-electron chi connectivity index (χ4n) is 3.08. The number of methoxy groups -OCH3 is 1. The van der Waals surface area contributed by atoms with Crippen molar-refractivity contribution >= 4 is 17.1 Å². The molecule has 2 heterocycles. The van der Waals surface area contributed by atoms with Gasteiger partial charge in [-0.1, -0.05) is 12.1 Å². The van der Waals surface area contributed by atoms with Gasteiger partial charge in [0.2, 0.25) is 0 Å². The van der Waals surface area contributed by atoms with Gasteiger partial charge in [0, 0.05) is 18.8 Å². The number of nitrogens with zero attached hydrogens (tertiary/aromatic N) is 2. The van der Waals surface area contributed by atoms with Crippen molar-refractivity contribution in [2.45, 2.75) is 12.5 Å². The Morgan fingerprint density at radius 1 is 0.960 bits per heavy atom. The lowest BCUT2D eigenvalue weighted by Crippen LogP contribution is -2.14. The third-order valence-corrected chi connectivity index (χ3v) is 4.42. The zero-order valence-electron chi connectivity index (χ0n) is 14.0. The van der Waals surface area contributed by atoms with Gasteiger partial charge in [0.25, 0.3) is 0 Å². The molecule has 1 aromatic heterocycles. The van der Waals surface area contributed by atoms with Crippen molar-refractivity contribution in [3.8, 4) is 5.75 Å². The molecule has 0 saturated heterocycles. The van der Waals surface area contributed by atoms with Gasteiger partial charge in [0.05, 0.1) is 30.2 Å². The third kappa shape index (κ3) is 3.24. The van der Waals surface area contributed by atoms with Gasteiger partial charge in [0.15, 0.2) is 0 Å². The summed E-state index contributed by atoms with van der Waals surface area (Å²) in [5, 5.41) is 3.63. The lowest BCUT2D eigenvalue weighted by Gasteiger charge is -2.19. The summed E-state index contributed by atoms with van der Waals surface area (Å²) in [6.45, 7) is 0. The van der Waals surface area contributed by atoms with Crippen LogP contribution in [-0.2, 0) is 0 Å². The topological polar surface area (TPSA) is 46.5 Å². The van der Waals surface area contributed by atoms with Crippen molar-refractivity contribution in [1.82, 2.24) is 4.98 Å². The summed E-state index contributed by atoms with van der Waals surface area (Å²) >= 11 is 0. The molecule has 0 fully saturated rings. The van der Waals surface area contributed by atoms with Crippen molar-refractivity contribution in [3.63, 3.8) is 0 Å². The van der Waals surface area contributed by atoms with Crippen molar-refractivity contribution in [2.24, 2.45) is 4.99 Å². The van der Waals surface area contributed by atoms with E-state index < -0.39 is 0 Å². The van der Waals surface area contributed by atoms with Crippen molar-refractivity contribution in [2.75, 3.05) is 12.4 Å². The van der Waals surface area contributed by atoms with E-state index in [2.05, 4.69) is 40.6 Å². The first-order valence-electron chi connectivity index (χ1n) is 8.31. The number of hydrogen-bond acceptors (Lipinski definition) is 4. The molecule has 1 aliphatic heterocycles. The Morgan fingerprint density at radius 2 is 1.72 bits per heavy atom. The molecule has 25 heavy (non-hydrogen) atoms. The lowest BCUT2D eigenvalue weighted by molar-refractivity contribution is 0.415. The number of anilines is 1. The first-order chi connectivity index (χ1) is 12.3. The van der Waals surface area contributed by atoms with Gasteiger partial charge in [-0.2, -0.15) is 0 Å². The lowest BCUT2D eigenvalue weighted by atomic mass is 9.98. The minimum atomic E-state index is 0.146. The molecule has 0 spiro atoms. The number of pyridine rings is 1. The monoisotopic (exact) mass is 329 g/mol. The van der Waals surface area contributed by atoms with Crippen LogP contribution in [0, 0.1) is 0 Å². The van der Waals surface area contributed by atoms with E-state index in [4.69, 9.17) is 9.73 Å². The minimum Gasteiger partial charge on any atom is -0.497 e. The van der Waals surface area contributed by atoms with Gasteiger partial charge in [0.1, 0.15) is 5.75 Å². The van der Waals surface area contributed by atoms with E-state index in [1.807, 2.05) is 42.7 Å². The highest BCUT2D eigenvalue weighted by Gasteiger charge is 2.20. The molecule has 0 bridgehead atoms. The number of nitrogens with one attached hydrogen (secondary N) is 1. The van der Waals surface area contributed by atoms with Crippen LogP contribution in [0.2, 0.25) is 0 Å². The summed E-state index contributed by atoms with van der Waals surface area (Å²) in [4.78, 5) is 9.07. The summed E-state index contributed by atoms with van der Waals surface area (Å²) in [6.07, 6.45) is 4.46. The van der Waals surface area contributed by atoms with Gasteiger partial charge in [-0.25, -0.2) is 0 Å². The van der Waals surface area contributed by atoms with Crippen LogP contribution in [0.15, 0.2) is 78.0 Å². The number of rotatable bonds is 3. The second-order valence-corrected chi connectivity index (χ2v) is 5.99. The number of benzene rings is 2. The molecule has 1 N–H and O–H groups in total. The van der Waals surface area contributed by atoms with E-state index in [9.17, 15) is 0 Å². The van der Waals surface area contributed by atoms with E-state index in [1.54, 1.807) is 7.11 Å². The Morgan fingerprint density at radius 3 is 2.48 bits per heavy atom. The van der Waals surface area contributed by atoms with Crippen LogP contribution in [0.4, 0.5) is 11.4 Å². The Bertz CT molecular complexity index is 889. The Hall–Kier alpha value is -3.14. The first-order valence-corrected chi connectivity index (χ1v) is 8.31. The molecule has 1 unspecified atom stereocenters. The van der Waals surface area contributed by atoms with Gasteiger partial charge in [-0.05, 0) is 59.7 Å². The molecular formula is C21H19N3O. The maximum absolute atomic E-state index is 5.27. The molecule has 4 heteroatoms. The van der Waals surface area contributed by atoms with Crippen molar-refractivity contribution < 1.29 is 4.74 Å². The van der Waals surface area contributed by atoms with Gasteiger partial charge < -0.3 is 10.1 Å². The summed E-state index contributed by atoms with van der Waals surface area (Å²) in [7, 11) is 1.68. The predicted octanol–water partition coefficient (Wildman–Crippen LogP) is 4.77. The third-order valence-electron chi connectivity index (χ3n) is 4.42. The number of aliphatic imine (C=N–C) groups is 1. The number of fused-ring (bicyclic) bond motifs is 1. The van der Waals surface area contributed by atoms with Crippen LogP contribution < -0.4 is 10.1 Å². The van der Waals surface area contributed by atoms with Gasteiger partial charge >= 0.3 is 0 Å². The van der Waals surface area contributed by atoms with E-state index >= 15 is 0 Å². The molecule has 0 amide bonds. The van der Waals surface area contributed by atoms with Crippen molar-refractivity contribution in [1.29, 1.82) is 0 Å². The van der Waals surface area contributed by atoms with E-state index in [0.29, 0.717) is 0 Å². The number of aromatic nitrogens is 1. The Balaban J connectivity index is 1.77. The molecule has 0 radical (unpaired) electrons. The van der Waals surface area contributed by atoms with E-state index in [1.165, 1.54) is 5.56 Å². The summed E-state index contributed by atoms with van der Waals surface area (Å²) in [6, 6.07) is 20.5. The number of hydrogen-bond donors (Lipinski definition) is 1. The second-order valence-electron chi connectivity index (χ2n) is 5.99. The molecule has 2 aromatic carbocycles. The van der Waals surface area contributed by atoms with Crippen LogP contribution in [0.5, 0.6) is 5.75 Å². The van der Waals surface area contributed by atoms with Crippen LogP contribution in [0.1, 0.15) is 23.6 Å². The molecule has 0 aliphatic carbocycles. The second kappa shape index (κ2) is 6.77. The zero-order valence-corrected chi connectivity index (χ0v) is 14.0. The summed E-state index contributed by atoms with van der Waals surface area (Å²) in [5.41, 5.74) is 5.38. The first kappa shape index (κ1) is 15.4. The normalized spacial score (nSPS) is 16.2. The highest BCUT2D eigenvalue weighted by Crippen LogP contribution is 2.35. The average Bonchev–Trinajstić information content (AvgIpc) is 2.88. The maximum Gasteiger partial charge on any atom is 0.118 e. The molecular weight excluding hydrogens is 310 g/mol. The van der Waals surface area contributed by atoms with Crippen LogP contribution in [0.3, 0.4) is 0 Å². The zero-order chi connectivity index (χ0) is 17.1. The quantitative estimate of drug-likeness (QED) is 0.753. The SMILES string of the molecule is COc1ccc(C2=Nc3ccccc3NC(c3ccncc3)C2)cc1. The molecule has 124 valence electrons. The minimum absolute atomic E-state index is 0.146. The van der Waals surface area contributed by atoms with Gasteiger partial charge in [-0.15, -0.1) is 0 Å². The largest absolute Gasteiger partial charge is 0.497 e. The highest BCUT2D eigenvalue weighted by atomic mass is 16.5. The standard InChI is InChI=1S/C21H19N3O/c1-25-17-8-6-15(7-9-17)20-14-21(16-10-12-22-13-11-16)24-19-5-3-2-4-18(19)23-20/h2-13,21,24H,14H2,1H3. The molecule has 3 aromatic rings. The number of ether oxygens (including phenoxy) is 1. The molecule has 1 aliphatic rings. The maximum atomic E-state index is 5.27. The highest BCUT2D eigenvalue weighted by molar-refractivity contribution is 6.04. The molecule has 4 rings (SSSR count). The van der Waals surface area contributed by atoms with Crippen molar-refractivity contribution in [3.05, 3.63) is 84.2 Å². The summed E-state index contributed by atoms with van der Waals surface area (Å²) < 4.78 is 5.27. The van der Waals surface area contributed by atoms with Crippen LogP contribution in [0.25, 0.3) is 0 Å². The predicted molar refractivity (Wildman–Crippen MR) is 101 cm³/mol. The number of para-hydroxylation sites is 2. The van der Waals surface area contributed by atoms with E-state index in [0.717, 1.165) is 34.8 Å². The Labute approximate surface area is 147 Å². The fraction of sp³-hybridized carbons (Fsp3) is 0.143. The van der Waals surface area contributed by atoms with Crippen LogP contribution in [-0.4, -0.2) is 17.8 Å². The van der Waals surface area contributed by atoms with Gasteiger partial charge in [-0.3, -0.25) is 9.98 Å². The fourth-order valence-corrected chi connectivity index (χ4v) is 3.08. The smallest absolute Gasteiger partial charge is 0.118 e. The molecule has 4 nitrogen and oxygen atoms in total. The summed E-state index contributed by atoms with van der Waals surface area (Å²) in [5.74, 6) is 0.849. The van der Waals surface area contributed by atoms with Crippen LogP contribution >= 0.6 is 0 Å².